The quantitative estimate of drug-likeness (QED) is 0.553. The molecule has 0 radical (unpaired) electrons. The third-order valence-corrected chi connectivity index (χ3v) is 4.87. The van der Waals surface area contributed by atoms with E-state index in [9.17, 15) is 9.59 Å². The summed E-state index contributed by atoms with van der Waals surface area (Å²) < 4.78 is 3.07. The Kier molecular flexibility index (Phi) is 4.47. The molecular formula is C17H15N7O2S. The maximum absolute atomic E-state index is 12.4. The van der Waals surface area contributed by atoms with E-state index in [0.29, 0.717) is 34.9 Å². The molecule has 136 valence electrons. The molecule has 27 heavy (non-hydrogen) atoms. The minimum absolute atomic E-state index is 0.103. The molecule has 0 fully saturated rings. The Morgan fingerprint density at radius 2 is 2.19 bits per heavy atom. The number of hydrogen-bond donors (Lipinski definition) is 1. The number of tetrazole rings is 1. The topological polar surface area (TPSA) is 107 Å². The van der Waals surface area contributed by atoms with Crippen LogP contribution in [0.4, 0.5) is 0 Å². The van der Waals surface area contributed by atoms with E-state index in [1.54, 1.807) is 29.5 Å². The molecule has 0 atom stereocenters. The van der Waals surface area contributed by atoms with E-state index in [2.05, 4.69) is 25.8 Å². The molecule has 0 aliphatic rings. The number of benzene rings is 1. The lowest BCUT2D eigenvalue weighted by Crippen LogP contribution is -2.27. The molecule has 1 N–H and O–H groups in total. The fourth-order valence-electron chi connectivity index (χ4n) is 2.73. The number of nitrogens with zero attached hydrogens (tertiary/aromatic N) is 6. The minimum atomic E-state index is -0.203. The average Bonchev–Trinajstić information content (AvgIpc) is 3.32. The van der Waals surface area contributed by atoms with Crippen LogP contribution in [0, 0.1) is 6.92 Å². The van der Waals surface area contributed by atoms with Crippen molar-refractivity contribution in [2.75, 3.05) is 6.54 Å². The number of thiazole rings is 1. The van der Waals surface area contributed by atoms with Gasteiger partial charge in [-0.25, -0.2) is 9.67 Å². The monoisotopic (exact) mass is 381 g/mol. The van der Waals surface area contributed by atoms with Crippen LogP contribution in [0.15, 0.2) is 46.8 Å². The lowest BCUT2D eigenvalue weighted by Gasteiger charge is -2.07. The van der Waals surface area contributed by atoms with Crippen molar-refractivity contribution in [2.45, 2.75) is 13.3 Å². The minimum Gasteiger partial charge on any atom is -0.352 e. The normalized spacial score (nSPS) is 11.0. The summed E-state index contributed by atoms with van der Waals surface area (Å²) in [6.07, 6.45) is 2.00. The second-order valence-corrected chi connectivity index (χ2v) is 6.73. The first-order valence-electron chi connectivity index (χ1n) is 8.20. The largest absolute Gasteiger partial charge is 0.352 e. The van der Waals surface area contributed by atoms with Crippen molar-refractivity contribution < 1.29 is 4.79 Å². The van der Waals surface area contributed by atoms with Gasteiger partial charge in [0.05, 0.1) is 5.69 Å². The number of hydrogen-bond acceptors (Lipinski definition) is 7. The van der Waals surface area contributed by atoms with Crippen LogP contribution in [0.1, 0.15) is 21.7 Å². The van der Waals surface area contributed by atoms with Gasteiger partial charge in [0, 0.05) is 41.4 Å². The fraction of sp³-hybridized carbons (Fsp3) is 0.176. The Morgan fingerprint density at radius 3 is 3.00 bits per heavy atom. The van der Waals surface area contributed by atoms with Gasteiger partial charge in [0.1, 0.15) is 6.33 Å². The van der Waals surface area contributed by atoms with Crippen molar-refractivity contribution in [1.82, 2.24) is 34.9 Å². The molecule has 0 saturated carbocycles. The maximum Gasteiger partial charge on any atom is 0.258 e. The lowest BCUT2D eigenvalue weighted by atomic mass is 10.2. The van der Waals surface area contributed by atoms with Gasteiger partial charge >= 0.3 is 0 Å². The van der Waals surface area contributed by atoms with Gasteiger partial charge < -0.3 is 5.32 Å². The van der Waals surface area contributed by atoms with Crippen LogP contribution in [0.2, 0.25) is 0 Å². The van der Waals surface area contributed by atoms with Gasteiger partial charge in [-0.1, -0.05) is 6.07 Å². The number of fused-ring (bicyclic) bond motifs is 1. The summed E-state index contributed by atoms with van der Waals surface area (Å²) in [5.41, 5.74) is 2.63. The summed E-state index contributed by atoms with van der Waals surface area (Å²) in [6, 6.07) is 8.52. The Bertz CT molecular complexity index is 1160. The molecule has 0 aliphatic heterocycles. The van der Waals surface area contributed by atoms with Crippen molar-refractivity contribution in [3.05, 3.63) is 69.3 Å². The van der Waals surface area contributed by atoms with Crippen molar-refractivity contribution in [1.29, 1.82) is 0 Å². The second kappa shape index (κ2) is 7.08. The molecule has 0 unspecified atom stereocenters. The molecule has 4 rings (SSSR count). The lowest BCUT2D eigenvalue weighted by molar-refractivity contribution is 0.0954. The Morgan fingerprint density at radius 1 is 1.30 bits per heavy atom. The molecular weight excluding hydrogens is 366 g/mol. The fourth-order valence-corrected chi connectivity index (χ4v) is 3.71. The van der Waals surface area contributed by atoms with E-state index >= 15 is 0 Å². The van der Waals surface area contributed by atoms with Gasteiger partial charge in [-0.3, -0.25) is 14.0 Å². The molecule has 0 saturated heterocycles. The standard InChI is InChI=1S/C17H15N7O2S/c1-11-7-15(25)24-14(9-27-17(24)20-11)5-6-18-16(26)12-3-2-4-13(8-12)23-10-19-21-22-23/h2-4,7-10H,5-6H2,1H3,(H,18,26). The Labute approximate surface area is 157 Å². The van der Waals surface area contributed by atoms with Crippen LogP contribution >= 0.6 is 11.3 Å². The summed E-state index contributed by atoms with van der Waals surface area (Å²) in [6.45, 7) is 2.20. The van der Waals surface area contributed by atoms with Gasteiger partial charge in [-0.15, -0.1) is 16.4 Å². The molecule has 3 heterocycles. The summed E-state index contributed by atoms with van der Waals surface area (Å²) >= 11 is 1.42. The molecule has 10 heteroatoms. The van der Waals surface area contributed by atoms with E-state index < -0.39 is 0 Å². The zero-order chi connectivity index (χ0) is 18.8. The van der Waals surface area contributed by atoms with E-state index in [-0.39, 0.29) is 11.5 Å². The number of amides is 1. The predicted molar refractivity (Wildman–Crippen MR) is 99.3 cm³/mol. The van der Waals surface area contributed by atoms with Crippen molar-refractivity contribution in [2.24, 2.45) is 0 Å². The van der Waals surface area contributed by atoms with Gasteiger partial charge in [0.2, 0.25) is 0 Å². The zero-order valence-corrected chi connectivity index (χ0v) is 15.2. The van der Waals surface area contributed by atoms with Gasteiger partial charge in [0.25, 0.3) is 11.5 Å². The first kappa shape index (κ1) is 17.0. The summed E-state index contributed by atoms with van der Waals surface area (Å²) in [5.74, 6) is -0.203. The van der Waals surface area contributed by atoms with Gasteiger partial charge in [-0.05, 0) is 35.5 Å². The summed E-state index contributed by atoms with van der Waals surface area (Å²) in [5, 5.41) is 15.8. The first-order valence-corrected chi connectivity index (χ1v) is 9.08. The smallest absolute Gasteiger partial charge is 0.258 e. The third-order valence-electron chi connectivity index (χ3n) is 3.99. The highest BCUT2D eigenvalue weighted by Crippen LogP contribution is 2.13. The molecule has 4 aromatic rings. The average molecular weight is 381 g/mol. The van der Waals surface area contributed by atoms with Crippen LogP contribution in [-0.4, -0.2) is 42.0 Å². The highest BCUT2D eigenvalue weighted by atomic mass is 32.1. The number of carbonyl (C=O) groups excluding carboxylic acids is 1. The summed E-state index contributed by atoms with van der Waals surface area (Å²) in [4.78, 5) is 29.6. The van der Waals surface area contributed by atoms with Gasteiger partial charge in [0.15, 0.2) is 4.96 Å². The van der Waals surface area contributed by atoms with Crippen LogP contribution < -0.4 is 10.9 Å². The number of rotatable bonds is 5. The summed E-state index contributed by atoms with van der Waals surface area (Å²) in [7, 11) is 0. The van der Waals surface area contributed by atoms with Crippen molar-refractivity contribution in [3.63, 3.8) is 0 Å². The second-order valence-electron chi connectivity index (χ2n) is 5.89. The highest BCUT2D eigenvalue weighted by Gasteiger charge is 2.10. The van der Waals surface area contributed by atoms with Crippen molar-refractivity contribution >= 4 is 22.2 Å². The molecule has 1 amide bonds. The molecule has 0 aliphatic carbocycles. The van der Waals surface area contributed by atoms with Crippen molar-refractivity contribution in [3.8, 4) is 5.69 Å². The first-order chi connectivity index (χ1) is 13.1. The maximum atomic E-state index is 12.4. The van der Waals surface area contributed by atoms with E-state index in [1.165, 1.54) is 28.4 Å². The number of aryl methyl sites for hydroxylation is 1. The molecule has 3 aromatic heterocycles. The SMILES string of the molecule is Cc1cc(=O)n2c(CCNC(=O)c3cccc(-n4cnnn4)c3)csc2n1. The predicted octanol–water partition coefficient (Wildman–Crippen LogP) is 1.01. The Balaban J connectivity index is 1.45. The van der Waals surface area contributed by atoms with Crippen LogP contribution in [0.25, 0.3) is 10.6 Å². The molecule has 0 bridgehead atoms. The number of carbonyl (C=O) groups is 1. The number of nitrogens with one attached hydrogen (secondary N) is 1. The highest BCUT2D eigenvalue weighted by molar-refractivity contribution is 7.15. The third kappa shape index (κ3) is 3.47. The van der Waals surface area contributed by atoms with E-state index in [0.717, 1.165) is 5.69 Å². The van der Waals surface area contributed by atoms with Crippen LogP contribution in [0.5, 0.6) is 0 Å². The van der Waals surface area contributed by atoms with Crippen LogP contribution in [0.3, 0.4) is 0 Å². The van der Waals surface area contributed by atoms with Gasteiger partial charge in [-0.2, -0.15) is 0 Å². The Hall–Kier alpha value is -3.40. The zero-order valence-electron chi connectivity index (χ0n) is 14.4. The van der Waals surface area contributed by atoms with E-state index in [1.807, 2.05) is 11.4 Å². The number of aromatic nitrogens is 6. The molecule has 1 aromatic carbocycles. The molecule has 0 spiro atoms. The molecule has 9 nitrogen and oxygen atoms in total. The van der Waals surface area contributed by atoms with Crippen LogP contribution in [-0.2, 0) is 6.42 Å². The van der Waals surface area contributed by atoms with E-state index in [4.69, 9.17) is 0 Å².